The van der Waals surface area contributed by atoms with Crippen molar-refractivity contribution in [3.63, 3.8) is 0 Å². The number of aryl methyl sites for hydroxylation is 1. The van der Waals surface area contributed by atoms with E-state index in [4.69, 9.17) is 9.72 Å². The third kappa shape index (κ3) is 5.28. The van der Waals surface area contributed by atoms with Crippen molar-refractivity contribution >= 4 is 17.3 Å². The summed E-state index contributed by atoms with van der Waals surface area (Å²) in [6.07, 6.45) is 4.86. The van der Waals surface area contributed by atoms with Crippen molar-refractivity contribution in [1.29, 1.82) is 0 Å². The van der Waals surface area contributed by atoms with Gasteiger partial charge in [-0.05, 0) is 69.0 Å². The molecule has 0 unspecified atom stereocenters. The van der Waals surface area contributed by atoms with Crippen LogP contribution in [0, 0.1) is 5.92 Å². The fourth-order valence-electron chi connectivity index (χ4n) is 2.98. The minimum absolute atomic E-state index is 0.0760. The smallest absolute Gasteiger partial charge is 0.343 e. The molecule has 134 valence electrons. The van der Waals surface area contributed by atoms with Crippen molar-refractivity contribution < 1.29 is 14.3 Å². The van der Waals surface area contributed by atoms with Crippen LogP contribution in [0.25, 0.3) is 11.3 Å². The Labute approximate surface area is 152 Å². The number of hydrogen-bond acceptors (Lipinski definition) is 6. The summed E-state index contributed by atoms with van der Waals surface area (Å²) in [5.74, 6) is 1.09. The van der Waals surface area contributed by atoms with Gasteiger partial charge in [0.15, 0.2) is 6.61 Å². The number of carbonyl (C=O) groups excluding carboxylic acids is 1. The summed E-state index contributed by atoms with van der Waals surface area (Å²) >= 11 is 1.74. The monoisotopic (exact) mass is 360 g/mol. The van der Waals surface area contributed by atoms with Gasteiger partial charge >= 0.3 is 5.97 Å². The largest absolute Gasteiger partial charge is 0.482 e. The van der Waals surface area contributed by atoms with E-state index in [9.17, 15) is 4.79 Å². The summed E-state index contributed by atoms with van der Waals surface area (Å²) in [5, 5.41) is 6.73. The van der Waals surface area contributed by atoms with Crippen molar-refractivity contribution in [2.45, 2.75) is 25.7 Å². The number of aromatic nitrogens is 1. The molecule has 1 N–H and O–H groups in total. The Hall–Kier alpha value is -1.92. The lowest BCUT2D eigenvalue weighted by Crippen LogP contribution is -2.27. The van der Waals surface area contributed by atoms with Gasteiger partial charge in [0.1, 0.15) is 5.75 Å². The standard InChI is InChI=1S/C19H24N2O3S/c1-23-19(22)12-24-16-5-3-15(4-6-16)17-13-25-18(21-17)7-2-14-8-10-20-11-9-14/h3-6,13-14,20H,2,7-12H2,1H3. The van der Waals surface area contributed by atoms with E-state index in [1.54, 1.807) is 11.3 Å². The molecule has 3 rings (SSSR count). The summed E-state index contributed by atoms with van der Waals surface area (Å²) in [6, 6.07) is 7.65. The number of carbonyl (C=O) groups is 1. The van der Waals surface area contributed by atoms with Crippen LogP contribution in [0.4, 0.5) is 0 Å². The molecule has 0 bridgehead atoms. The average Bonchev–Trinajstić information content (AvgIpc) is 3.14. The molecule has 0 spiro atoms. The van der Waals surface area contributed by atoms with Crippen LogP contribution >= 0.6 is 11.3 Å². The van der Waals surface area contributed by atoms with Crippen molar-refractivity contribution in [2.24, 2.45) is 5.92 Å². The Morgan fingerprint density at radius 3 is 2.76 bits per heavy atom. The number of nitrogens with one attached hydrogen (secondary N) is 1. The second-order valence-corrected chi connectivity index (χ2v) is 7.19. The molecule has 0 saturated carbocycles. The van der Waals surface area contributed by atoms with Crippen LogP contribution in [0.2, 0.25) is 0 Å². The summed E-state index contributed by atoms with van der Waals surface area (Å²) in [4.78, 5) is 15.9. The quantitative estimate of drug-likeness (QED) is 0.768. The minimum Gasteiger partial charge on any atom is -0.482 e. The molecule has 2 heterocycles. The second-order valence-electron chi connectivity index (χ2n) is 6.25. The molecule has 2 aromatic rings. The lowest BCUT2D eigenvalue weighted by molar-refractivity contribution is -0.142. The van der Waals surface area contributed by atoms with E-state index in [0.717, 1.165) is 36.7 Å². The van der Waals surface area contributed by atoms with Gasteiger partial charge in [0.2, 0.25) is 0 Å². The molecular formula is C19H24N2O3S. The Balaban J connectivity index is 1.53. The average molecular weight is 360 g/mol. The Bertz CT molecular complexity index is 678. The van der Waals surface area contributed by atoms with Gasteiger partial charge < -0.3 is 14.8 Å². The van der Waals surface area contributed by atoms with Crippen molar-refractivity contribution in [2.75, 3.05) is 26.8 Å². The third-order valence-corrected chi connectivity index (χ3v) is 5.42. The molecule has 0 amide bonds. The normalized spacial score (nSPS) is 15.1. The van der Waals surface area contributed by atoms with Gasteiger partial charge in [-0.2, -0.15) is 0 Å². The first-order chi connectivity index (χ1) is 12.2. The van der Waals surface area contributed by atoms with Gasteiger partial charge in [-0.25, -0.2) is 9.78 Å². The van der Waals surface area contributed by atoms with E-state index in [1.165, 1.54) is 31.4 Å². The Kier molecular flexibility index (Phi) is 6.42. The van der Waals surface area contributed by atoms with Gasteiger partial charge in [0, 0.05) is 10.9 Å². The van der Waals surface area contributed by atoms with Crippen LogP contribution < -0.4 is 10.1 Å². The first kappa shape index (κ1) is 17.9. The van der Waals surface area contributed by atoms with Gasteiger partial charge in [0.25, 0.3) is 0 Å². The number of piperidine rings is 1. The van der Waals surface area contributed by atoms with Crippen LogP contribution in [0.5, 0.6) is 5.75 Å². The zero-order valence-electron chi connectivity index (χ0n) is 14.5. The minimum atomic E-state index is -0.387. The van der Waals surface area contributed by atoms with Crippen molar-refractivity contribution in [3.8, 4) is 17.0 Å². The first-order valence-electron chi connectivity index (χ1n) is 8.70. The van der Waals surface area contributed by atoms with E-state index < -0.39 is 0 Å². The second kappa shape index (κ2) is 8.97. The van der Waals surface area contributed by atoms with Crippen LogP contribution in [-0.2, 0) is 16.0 Å². The lowest BCUT2D eigenvalue weighted by Gasteiger charge is -2.21. The van der Waals surface area contributed by atoms with Gasteiger partial charge in [-0.15, -0.1) is 11.3 Å². The van der Waals surface area contributed by atoms with Crippen molar-refractivity contribution in [3.05, 3.63) is 34.7 Å². The summed E-state index contributed by atoms with van der Waals surface area (Å²) in [6.45, 7) is 2.23. The fraction of sp³-hybridized carbons (Fsp3) is 0.474. The molecule has 1 aliphatic rings. The Morgan fingerprint density at radius 2 is 2.04 bits per heavy atom. The first-order valence-corrected chi connectivity index (χ1v) is 9.57. The van der Waals surface area contributed by atoms with Crippen molar-refractivity contribution in [1.82, 2.24) is 10.3 Å². The highest BCUT2D eigenvalue weighted by atomic mass is 32.1. The molecule has 1 aromatic heterocycles. The maximum atomic E-state index is 11.1. The topological polar surface area (TPSA) is 60.5 Å². The fourth-order valence-corrected chi connectivity index (χ4v) is 3.80. The number of benzene rings is 1. The van der Waals surface area contributed by atoms with Gasteiger partial charge in [0.05, 0.1) is 17.8 Å². The maximum absolute atomic E-state index is 11.1. The van der Waals surface area contributed by atoms with Crippen LogP contribution in [0.3, 0.4) is 0 Å². The highest BCUT2D eigenvalue weighted by Gasteiger charge is 2.14. The number of ether oxygens (including phenoxy) is 2. The number of hydrogen-bond donors (Lipinski definition) is 1. The molecule has 1 saturated heterocycles. The summed E-state index contributed by atoms with van der Waals surface area (Å²) in [7, 11) is 1.35. The van der Waals surface area contributed by atoms with E-state index in [-0.39, 0.29) is 12.6 Å². The zero-order chi connectivity index (χ0) is 17.5. The SMILES string of the molecule is COC(=O)COc1ccc(-c2csc(CCC3CCNCC3)n2)cc1. The molecule has 25 heavy (non-hydrogen) atoms. The third-order valence-electron chi connectivity index (χ3n) is 4.51. The molecule has 0 radical (unpaired) electrons. The number of methoxy groups -OCH3 is 1. The van der Waals surface area contributed by atoms with Gasteiger partial charge in [-0.1, -0.05) is 0 Å². The lowest BCUT2D eigenvalue weighted by atomic mass is 9.93. The number of rotatable bonds is 7. The molecule has 1 fully saturated rings. The van der Waals surface area contributed by atoms with Gasteiger partial charge in [-0.3, -0.25) is 0 Å². The Morgan fingerprint density at radius 1 is 1.28 bits per heavy atom. The number of nitrogens with zero attached hydrogens (tertiary/aromatic N) is 1. The van der Waals surface area contributed by atoms with E-state index in [2.05, 4.69) is 15.4 Å². The molecule has 1 aliphatic heterocycles. The highest BCUT2D eigenvalue weighted by Crippen LogP contribution is 2.26. The number of esters is 1. The zero-order valence-corrected chi connectivity index (χ0v) is 15.3. The van der Waals surface area contributed by atoms with E-state index >= 15 is 0 Å². The molecule has 0 aliphatic carbocycles. The van der Waals surface area contributed by atoms with Crippen LogP contribution in [-0.4, -0.2) is 37.8 Å². The molecule has 1 aromatic carbocycles. The summed E-state index contributed by atoms with van der Waals surface area (Å²) in [5.41, 5.74) is 2.07. The number of thiazole rings is 1. The molecule has 5 nitrogen and oxygen atoms in total. The molecular weight excluding hydrogens is 336 g/mol. The van der Waals surface area contributed by atoms with E-state index in [1.807, 2.05) is 24.3 Å². The predicted octanol–water partition coefficient (Wildman–Crippen LogP) is 3.29. The summed E-state index contributed by atoms with van der Waals surface area (Å²) < 4.78 is 9.92. The van der Waals surface area contributed by atoms with Crippen LogP contribution in [0.15, 0.2) is 29.6 Å². The molecule has 6 heteroatoms. The van der Waals surface area contributed by atoms with E-state index in [0.29, 0.717) is 5.75 Å². The highest BCUT2D eigenvalue weighted by molar-refractivity contribution is 7.09. The maximum Gasteiger partial charge on any atom is 0.343 e. The van der Waals surface area contributed by atoms with Crippen LogP contribution in [0.1, 0.15) is 24.3 Å². The molecule has 0 atom stereocenters. The predicted molar refractivity (Wildman–Crippen MR) is 99.0 cm³/mol.